The second kappa shape index (κ2) is 15.1. The maximum atomic E-state index is 14.5. The Morgan fingerprint density at radius 3 is 2.25 bits per heavy atom. The van der Waals surface area contributed by atoms with Crippen molar-refractivity contribution >= 4 is 69.3 Å². The van der Waals surface area contributed by atoms with E-state index in [9.17, 15) is 8.42 Å². The highest BCUT2D eigenvalue weighted by atomic mass is 79.9. The van der Waals surface area contributed by atoms with Crippen LogP contribution in [0.2, 0.25) is 51.4 Å². The van der Waals surface area contributed by atoms with Gasteiger partial charge in [-0.1, -0.05) is 85.5 Å². The molecule has 0 atom stereocenters. The molecule has 8 nitrogen and oxygen atoms in total. The Morgan fingerprint density at radius 2 is 1.58 bits per heavy atom. The highest BCUT2D eigenvalue weighted by molar-refractivity contribution is 9.10. The predicted octanol–water partition coefficient (Wildman–Crippen LogP) is 9.72. The molecule has 48 heavy (non-hydrogen) atoms. The molecule has 5 rings (SSSR count). The van der Waals surface area contributed by atoms with Crippen molar-refractivity contribution < 1.29 is 17.9 Å². The maximum absolute atomic E-state index is 14.5. The van der Waals surface area contributed by atoms with Crippen molar-refractivity contribution in [3.63, 3.8) is 0 Å². The number of pyridine rings is 1. The van der Waals surface area contributed by atoms with Crippen molar-refractivity contribution in [3.05, 3.63) is 83.2 Å². The number of benzene rings is 2. The molecule has 0 aliphatic heterocycles. The number of thiophene rings is 1. The molecule has 0 spiro atoms. The quantitative estimate of drug-likeness (QED) is 0.0597. The first-order chi connectivity index (χ1) is 22.6. The van der Waals surface area contributed by atoms with Crippen LogP contribution in [0, 0.1) is 6.92 Å². The second-order valence-electron chi connectivity index (χ2n) is 14.4. The van der Waals surface area contributed by atoms with Crippen molar-refractivity contribution in [3.8, 4) is 21.6 Å². The summed E-state index contributed by atoms with van der Waals surface area (Å²) in [5.41, 5.74) is 4.00. The van der Waals surface area contributed by atoms with Gasteiger partial charge >= 0.3 is 0 Å². The SMILES string of the molecule is Cc1cc(N(COCC[Si](C)(C)C)S(=O)(=O)c2ccccc2)c2c(-c3cccc(Br)c3)c(-c3cnn(COCC[Si](C)(C)C)c3)sc2n1. The summed E-state index contributed by atoms with van der Waals surface area (Å²) in [5, 5.41) is 5.39. The van der Waals surface area contributed by atoms with E-state index in [1.807, 2.05) is 54.3 Å². The van der Waals surface area contributed by atoms with Crippen molar-refractivity contribution in [1.82, 2.24) is 14.8 Å². The van der Waals surface area contributed by atoms with Gasteiger partial charge in [-0.05, 0) is 54.9 Å². The molecule has 0 bridgehead atoms. The minimum atomic E-state index is -4.00. The van der Waals surface area contributed by atoms with Gasteiger partial charge in [0.25, 0.3) is 10.0 Å². The first-order valence-electron chi connectivity index (χ1n) is 16.1. The molecule has 256 valence electrons. The molecule has 0 N–H and O–H groups in total. The zero-order valence-electron chi connectivity index (χ0n) is 28.8. The van der Waals surface area contributed by atoms with Crippen LogP contribution >= 0.6 is 27.3 Å². The average molecular weight is 786 g/mol. The van der Waals surface area contributed by atoms with E-state index >= 15 is 0 Å². The lowest BCUT2D eigenvalue weighted by molar-refractivity contribution is 0.0786. The van der Waals surface area contributed by atoms with Crippen LogP contribution in [0.25, 0.3) is 31.8 Å². The molecule has 3 aromatic heterocycles. The van der Waals surface area contributed by atoms with Crippen LogP contribution in [0.5, 0.6) is 0 Å². The third-order valence-electron chi connectivity index (χ3n) is 7.80. The smallest absolute Gasteiger partial charge is 0.266 e. The second-order valence-corrected chi connectivity index (χ2v) is 29.4. The lowest BCUT2D eigenvalue weighted by Crippen LogP contribution is -2.34. The number of aromatic nitrogens is 3. The molecule has 3 heterocycles. The molecule has 0 aliphatic carbocycles. The van der Waals surface area contributed by atoms with Crippen molar-refractivity contribution in [2.75, 3.05) is 24.2 Å². The molecule has 2 aromatic carbocycles. The first-order valence-corrected chi connectivity index (χ1v) is 26.5. The molecule has 5 aromatic rings. The van der Waals surface area contributed by atoms with Gasteiger partial charge in [-0.15, -0.1) is 11.3 Å². The summed E-state index contributed by atoms with van der Waals surface area (Å²) in [6.45, 7) is 17.2. The van der Waals surface area contributed by atoms with E-state index in [0.717, 1.165) is 48.3 Å². The van der Waals surface area contributed by atoms with Crippen LogP contribution < -0.4 is 4.31 Å². The first kappa shape index (κ1) is 36.6. The topological polar surface area (TPSA) is 86.6 Å². The van der Waals surface area contributed by atoms with Crippen LogP contribution in [0.4, 0.5) is 5.69 Å². The Hall–Kier alpha value is -2.66. The summed E-state index contributed by atoms with van der Waals surface area (Å²) < 4.78 is 45.2. The number of aryl methyl sites for hydroxylation is 1. The Balaban J connectivity index is 1.66. The summed E-state index contributed by atoms with van der Waals surface area (Å²) in [6.07, 6.45) is 3.84. The van der Waals surface area contributed by atoms with Gasteiger partial charge in [0.2, 0.25) is 0 Å². The minimum Gasteiger partial charge on any atom is -0.360 e. The minimum absolute atomic E-state index is 0.115. The number of nitrogens with zero attached hydrogens (tertiary/aromatic N) is 4. The van der Waals surface area contributed by atoms with Gasteiger partial charge in [0, 0.05) is 67.1 Å². The van der Waals surface area contributed by atoms with Crippen molar-refractivity contribution in [2.45, 2.75) is 69.9 Å². The number of ether oxygens (including phenoxy) is 2. The highest BCUT2D eigenvalue weighted by Crippen LogP contribution is 2.48. The number of sulfonamides is 1. The highest BCUT2D eigenvalue weighted by Gasteiger charge is 2.31. The molecule has 0 amide bonds. The number of rotatable bonds is 15. The van der Waals surface area contributed by atoms with Gasteiger partial charge in [0.1, 0.15) is 18.3 Å². The van der Waals surface area contributed by atoms with Crippen LogP contribution in [-0.4, -0.2) is 59.3 Å². The molecule has 13 heteroatoms. The average Bonchev–Trinajstić information content (AvgIpc) is 3.63. The Bertz CT molecular complexity index is 1970. The van der Waals surface area contributed by atoms with E-state index in [4.69, 9.17) is 14.5 Å². The zero-order valence-corrected chi connectivity index (χ0v) is 34.0. The molecule has 0 saturated carbocycles. The Labute approximate surface area is 299 Å². The predicted molar refractivity (Wildman–Crippen MR) is 208 cm³/mol. The molecule has 0 saturated heterocycles. The molecule has 0 unspecified atom stereocenters. The monoisotopic (exact) mass is 784 g/mol. The van der Waals surface area contributed by atoms with Gasteiger partial charge in [-0.25, -0.2) is 22.4 Å². The fourth-order valence-corrected chi connectivity index (χ4v) is 9.64. The summed E-state index contributed by atoms with van der Waals surface area (Å²) in [6, 6.07) is 20.5. The van der Waals surface area contributed by atoms with E-state index < -0.39 is 26.2 Å². The fraction of sp³-hybridized carbons (Fsp3) is 0.371. The summed E-state index contributed by atoms with van der Waals surface area (Å²) in [7, 11) is -6.61. The van der Waals surface area contributed by atoms with Gasteiger partial charge in [-0.3, -0.25) is 0 Å². The van der Waals surface area contributed by atoms with E-state index in [2.05, 4.69) is 66.4 Å². The van der Waals surface area contributed by atoms with Crippen LogP contribution in [0.15, 0.2) is 82.4 Å². The number of halogens is 1. The number of fused-ring (bicyclic) bond motifs is 1. The van der Waals surface area contributed by atoms with Crippen LogP contribution in [0.1, 0.15) is 5.69 Å². The van der Waals surface area contributed by atoms with E-state index in [1.54, 1.807) is 24.3 Å². The summed E-state index contributed by atoms with van der Waals surface area (Å²) in [4.78, 5) is 6.85. The maximum Gasteiger partial charge on any atom is 0.266 e. The van der Waals surface area contributed by atoms with Crippen molar-refractivity contribution in [2.24, 2.45) is 0 Å². The van der Waals surface area contributed by atoms with E-state index in [1.165, 1.54) is 15.6 Å². The molecule has 0 fully saturated rings. The number of anilines is 1. The lowest BCUT2D eigenvalue weighted by Gasteiger charge is -2.26. The molecule has 0 radical (unpaired) electrons. The number of hydrogen-bond acceptors (Lipinski definition) is 7. The van der Waals surface area contributed by atoms with Gasteiger partial charge in [-0.2, -0.15) is 5.10 Å². The zero-order chi connectivity index (χ0) is 34.7. The van der Waals surface area contributed by atoms with Crippen LogP contribution in [0.3, 0.4) is 0 Å². The Morgan fingerprint density at radius 1 is 0.896 bits per heavy atom. The molecule has 0 aliphatic rings. The standard InChI is InChI=1S/C35H45BrN4O4S2Si2/c1-26-20-31(40(25-44-17-19-48(5,6)7)46(41,42)30-14-9-8-10-15-30)33-32(27-12-11-13-29(36)21-27)34(45-35(33)38-26)28-22-37-39(23-28)24-43-16-18-47(2,3)4/h8-15,20-23H,16-19,24-25H2,1-7H3. The van der Waals surface area contributed by atoms with Crippen LogP contribution in [-0.2, 0) is 26.2 Å². The normalized spacial score (nSPS) is 12.6. The molecular formula is C35H45BrN4O4S2Si2. The fourth-order valence-electron chi connectivity index (χ4n) is 5.12. The summed E-state index contributed by atoms with van der Waals surface area (Å²) in [5.74, 6) is 0. The van der Waals surface area contributed by atoms with E-state index in [0.29, 0.717) is 31.3 Å². The van der Waals surface area contributed by atoms with Gasteiger partial charge in [0.15, 0.2) is 0 Å². The lowest BCUT2D eigenvalue weighted by atomic mass is 10.00. The third-order valence-corrected chi connectivity index (χ3v) is 14.6. The van der Waals surface area contributed by atoms with Crippen molar-refractivity contribution in [1.29, 1.82) is 0 Å². The van der Waals surface area contributed by atoms with Gasteiger partial charge in [0.05, 0.1) is 16.8 Å². The Kier molecular flexibility index (Phi) is 11.5. The third kappa shape index (κ3) is 9.11. The summed E-state index contributed by atoms with van der Waals surface area (Å²) >= 11 is 5.19. The largest absolute Gasteiger partial charge is 0.360 e. The molecular weight excluding hydrogens is 741 g/mol. The van der Waals surface area contributed by atoms with Gasteiger partial charge < -0.3 is 9.47 Å². The van der Waals surface area contributed by atoms with E-state index in [-0.39, 0.29) is 11.6 Å². The number of hydrogen-bond donors (Lipinski definition) is 0.